The number of benzene rings is 5. The monoisotopic (exact) mass is 777 g/mol. The molecule has 53 heavy (non-hydrogen) atoms. The molecule has 0 fully saturated rings. The van der Waals surface area contributed by atoms with Crippen molar-refractivity contribution in [1.82, 2.24) is 5.32 Å². The molecule has 9 nitrogen and oxygen atoms in total. The smallest absolute Gasteiger partial charge is 0.410 e. The number of amides is 1. The number of ether oxygens (including phenoxy) is 4. The molecule has 5 aromatic carbocycles. The summed E-state index contributed by atoms with van der Waals surface area (Å²) in [5.74, 6) is 1.28. The van der Waals surface area contributed by atoms with Crippen molar-refractivity contribution in [3.8, 4) is 11.5 Å². The Morgan fingerprint density at radius 2 is 1.21 bits per heavy atom. The SMILES string of the molecule is O=C(NC(CCCO)(OCc1ccc(OCc2ccccc2)cc1)P(=O)(O)CCc1cccc(Cl)c1Cl)OCc1ccc(OCc2ccccc2)cc1. The van der Waals surface area contributed by atoms with Gasteiger partial charge in [0, 0.05) is 19.2 Å². The quantitative estimate of drug-likeness (QED) is 0.0560. The Hall–Kier alpha value is -4.34. The van der Waals surface area contributed by atoms with Crippen LogP contribution in [0.3, 0.4) is 0 Å². The van der Waals surface area contributed by atoms with Gasteiger partial charge in [0.2, 0.25) is 5.47 Å². The Kier molecular flexibility index (Phi) is 14.8. The molecule has 0 bridgehead atoms. The molecule has 5 aromatic rings. The van der Waals surface area contributed by atoms with E-state index < -0.39 is 18.9 Å². The number of rotatable bonds is 19. The van der Waals surface area contributed by atoms with Crippen molar-refractivity contribution in [2.24, 2.45) is 0 Å². The van der Waals surface area contributed by atoms with E-state index in [1.165, 1.54) is 0 Å². The van der Waals surface area contributed by atoms with Gasteiger partial charge in [0.1, 0.15) is 31.3 Å². The molecule has 12 heteroatoms. The van der Waals surface area contributed by atoms with E-state index in [0.717, 1.165) is 11.1 Å². The van der Waals surface area contributed by atoms with Gasteiger partial charge in [-0.15, -0.1) is 0 Å². The zero-order valence-corrected chi connectivity index (χ0v) is 31.4. The van der Waals surface area contributed by atoms with Crippen LogP contribution in [0.1, 0.15) is 40.7 Å². The minimum atomic E-state index is -4.43. The van der Waals surface area contributed by atoms with Gasteiger partial charge in [0.05, 0.1) is 16.7 Å². The lowest BCUT2D eigenvalue weighted by Gasteiger charge is -2.38. The van der Waals surface area contributed by atoms with E-state index in [-0.39, 0.29) is 50.3 Å². The third kappa shape index (κ3) is 11.8. The van der Waals surface area contributed by atoms with Crippen molar-refractivity contribution in [1.29, 1.82) is 0 Å². The zero-order chi connectivity index (χ0) is 37.5. The first-order chi connectivity index (χ1) is 25.7. The highest BCUT2D eigenvalue weighted by molar-refractivity contribution is 7.59. The summed E-state index contributed by atoms with van der Waals surface area (Å²) >= 11 is 12.6. The van der Waals surface area contributed by atoms with E-state index in [1.54, 1.807) is 66.7 Å². The third-order valence-electron chi connectivity index (χ3n) is 8.44. The zero-order valence-electron chi connectivity index (χ0n) is 29.0. The predicted molar refractivity (Wildman–Crippen MR) is 206 cm³/mol. The van der Waals surface area contributed by atoms with E-state index in [0.29, 0.717) is 46.4 Å². The maximum Gasteiger partial charge on any atom is 0.410 e. The van der Waals surface area contributed by atoms with Crippen LogP contribution in [0.5, 0.6) is 11.5 Å². The molecule has 0 saturated carbocycles. The lowest BCUT2D eigenvalue weighted by molar-refractivity contribution is -0.0351. The number of aryl methyl sites for hydroxylation is 1. The lowest BCUT2D eigenvalue weighted by Crippen LogP contribution is -2.51. The highest BCUT2D eigenvalue weighted by atomic mass is 35.5. The van der Waals surface area contributed by atoms with Crippen LogP contribution in [0.25, 0.3) is 0 Å². The first kappa shape index (κ1) is 39.9. The normalized spacial score (nSPS) is 13.4. The van der Waals surface area contributed by atoms with Crippen LogP contribution in [-0.4, -0.2) is 34.3 Å². The molecule has 0 spiro atoms. The molecule has 0 aliphatic carbocycles. The van der Waals surface area contributed by atoms with E-state index >= 15 is 0 Å². The van der Waals surface area contributed by atoms with Crippen LogP contribution in [-0.2, 0) is 46.9 Å². The number of hydrogen-bond donors (Lipinski definition) is 3. The summed E-state index contributed by atoms with van der Waals surface area (Å²) < 4.78 is 37.9. The Morgan fingerprint density at radius 3 is 1.75 bits per heavy atom. The largest absolute Gasteiger partial charge is 0.489 e. The van der Waals surface area contributed by atoms with Crippen molar-refractivity contribution in [3.05, 3.63) is 165 Å². The summed E-state index contributed by atoms with van der Waals surface area (Å²) in [7, 11) is -4.43. The minimum Gasteiger partial charge on any atom is -0.489 e. The molecule has 2 unspecified atom stereocenters. The molecule has 3 N–H and O–H groups in total. The number of alkyl carbamates (subject to hydrolysis) is 1. The van der Waals surface area contributed by atoms with Gasteiger partial charge in [-0.25, -0.2) is 4.79 Å². The van der Waals surface area contributed by atoms with Gasteiger partial charge in [-0.05, 0) is 71.0 Å². The fourth-order valence-corrected chi connectivity index (χ4v) is 7.80. The first-order valence-corrected chi connectivity index (χ1v) is 19.7. The van der Waals surface area contributed by atoms with Gasteiger partial charge in [0.15, 0.2) is 0 Å². The molecule has 5 rings (SSSR count). The summed E-state index contributed by atoms with van der Waals surface area (Å²) in [5.41, 5.74) is 1.84. The molecule has 2 atom stereocenters. The second-order valence-electron chi connectivity index (χ2n) is 12.3. The summed E-state index contributed by atoms with van der Waals surface area (Å²) in [6.07, 6.45) is -1.33. The van der Waals surface area contributed by atoms with Crippen molar-refractivity contribution in [2.45, 2.75) is 51.2 Å². The van der Waals surface area contributed by atoms with Gasteiger partial charge in [-0.3, -0.25) is 9.88 Å². The number of aliphatic hydroxyl groups is 1. The molecule has 1 amide bonds. The van der Waals surface area contributed by atoms with Crippen LogP contribution in [0.4, 0.5) is 4.79 Å². The molecule has 0 radical (unpaired) electrons. The fraction of sp³-hybridized carbons (Fsp3) is 0.244. The molecule has 0 aliphatic rings. The third-order valence-corrected chi connectivity index (χ3v) is 11.7. The fourth-order valence-electron chi connectivity index (χ4n) is 5.44. The summed E-state index contributed by atoms with van der Waals surface area (Å²) in [4.78, 5) is 25.1. The van der Waals surface area contributed by atoms with Crippen LogP contribution >= 0.6 is 30.6 Å². The lowest BCUT2D eigenvalue weighted by atomic mass is 10.2. The maximum absolute atomic E-state index is 14.4. The van der Waals surface area contributed by atoms with E-state index in [1.807, 2.05) is 60.7 Å². The van der Waals surface area contributed by atoms with Gasteiger partial charge in [-0.2, -0.15) is 0 Å². The van der Waals surface area contributed by atoms with Gasteiger partial charge >= 0.3 is 6.09 Å². The minimum absolute atomic E-state index is 0.0550. The van der Waals surface area contributed by atoms with Gasteiger partial charge < -0.3 is 28.9 Å². The van der Waals surface area contributed by atoms with Gasteiger partial charge in [0.25, 0.3) is 7.37 Å². The molecule has 0 aliphatic heterocycles. The van der Waals surface area contributed by atoms with E-state index in [4.69, 9.17) is 42.1 Å². The molecular formula is C41H42Cl2NO8P. The van der Waals surface area contributed by atoms with Crippen molar-refractivity contribution in [3.63, 3.8) is 0 Å². The van der Waals surface area contributed by atoms with Gasteiger partial charge in [-0.1, -0.05) is 120 Å². The number of nitrogens with one attached hydrogen (secondary N) is 1. The van der Waals surface area contributed by atoms with Crippen LogP contribution in [0, 0.1) is 0 Å². The number of carbonyl (C=O) groups is 1. The first-order valence-electron chi connectivity index (χ1n) is 17.1. The summed E-state index contributed by atoms with van der Waals surface area (Å²) in [6, 6.07) is 38.8. The highest BCUT2D eigenvalue weighted by Crippen LogP contribution is 2.56. The van der Waals surface area contributed by atoms with Crippen LogP contribution in [0.2, 0.25) is 10.0 Å². The number of aliphatic hydroxyl groups excluding tert-OH is 1. The summed E-state index contributed by atoms with van der Waals surface area (Å²) in [6.45, 7) is 0.223. The van der Waals surface area contributed by atoms with E-state index in [2.05, 4.69) is 5.32 Å². The average Bonchev–Trinajstić information content (AvgIpc) is 3.18. The number of hydrogen-bond acceptors (Lipinski definition) is 7. The predicted octanol–water partition coefficient (Wildman–Crippen LogP) is 9.53. The number of carbonyl (C=O) groups excluding carboxylic acids is 1. The Morgan fingerprint density at radius 1 is 0.679 bits per heavy atom. The second kappa shape index (κ2) is 19.7. The Bertz CT molecular complexity index is 1930. The molecule has 0 heterocycles. The maximum atomic E-state index is 14.4. The Balaban J connectivity index is 1.29. The topological polar surface area (TPSA) is 124 Å². The van der Waals surface area contributed by atoms with Crippen LogP contribution < -0.4 is 14.8 Å². The summed E-state index contributed by atoms with van der Waals surface area (Å²) in [5, 5.41) is 13.0. The highest BCUT2D eigenvalue weighted by Gasteiger charge is 2.50. The van der Waals surface area contributed by atoms with Crippen molar-refractivity contribution < 1.29 is 38.3 Å². The standard InChI is InChI=1S/C41H42Cl2NO8P/c42-38-14-7-13-35(39(38)43)23-26-53(47,48)41(24-8-25-45,52-30-34-17-21-37(22-18-34)50-28-32-11-5-2-6-12-32)44-40(46)51-29-33-15-19-36(20-16-33)49-27-31-9-3-1-4-10-31/h1-7,9-22,45H,8,23-30H2,(H,44,46)(H,47,48). The molecule has 0 saturated heterocycles. The number of halogens is 2. The Labute approximate surface area is 319 Å². The second-order valence-corrected chi connectivity index (χ2v) is 15.7. The average molecular weight is 779 g/mol. The molecular weight excluding hydrogens is 736 g/mol. The van der Waals surface area contributed by atoms with Crippen molar-refractivity contribution >= 4 is 36.7 Å². The van der Waals surface area contributed by atoms with Crippen LogP contribution in [0.15, 0.2) is 127 Å². The van der Waals surface area contributed by atoms with Crippen molar-refractivity contribution in [2.75, 3.05) is 12.8 Å². The van der Waals surface area contributed by atoms with E-state index in [9.17, 15) is 19.4 Å². The molecule has 0 aromatic heterocycles. The molecule has 278 valence electrons.